The highest BCUT2D eigenvalue weighted by Crippen LogP contribution is 2.50. The van der Waals surface area contributed by atoms with Crippen molar-refractivity contribution >= 4 is 28.6 Å². The van der Waals surface area contributed by atoms with Gasteiger partial charge in [-0.1, -0.05) is 12.5 Å². The Kier molecular flexibility index (Phi) is 3.78. The fourth-order valence-corrected chi connectivity index (χ4v) is 7.07. The third-order valence-corrected chi connectivity index (χ3v) is 8.34. The molecule has 126 valence electrons. The highest BCUT2D eigenvalue weighted by Gasteiger charge is 2.42. The van der Waals surface area contributed by atoms with E-state index in [1.165, 1.54) is 41.0 Å². The van der Waals surface area contributed by atoms with E-state index in [4.69, 9.17) is 0 Å². The van der Waals surface area contributed by atoms with Crippen LogP contribution in [-0.2, 0) is 11.2 Å². The molecule has 4 atom stereocenters. The second kappa shape index (κ2) is 5.99. The number of hydrogen-bond acceptors (Lipinski definition) is 3. The van der Waals surface area contributed by atoms with Crippen LogP contribution in [0.5, 0.6) is 0 Å². The summed E-state index contributed by atoms with van der Waals surface area (Å²) in [6.07, 6.45) is 7.28. The van der Waals surface area contributed by atoms with Gasteiger partial charge in [0.1, 0.15) is 0 Å². The molecule has 2 aromatic heterocycles. The molecule has 0 spiro atoms. The van der Waals surface area contributed by atoms with Crippen molar-refractivity contribution in [1.82, 2.24) is 4.90 Å². The summed E-state index contributed by atoms with van der Waals surface area (Å²) in [6.45, 7) is 0.885. The lowest BCUT2D eigenvalue weighted by Crippen LogP contribution is -2.40. The zero-order valence-electron chi connectivity index (χ0n) is 13.8. The van der Waals surface area contributed by atoms with Crippen molar-refractivity contribution in [2.45, 2.75) is 44.6 Å². The molecule has 2 bridgehead atoms. The summed E-state index contributed by atoms with van der Waals surface area (Å²) in [6, 6.07) is 6.70. The first-order valence-corrected chi connectivity index (χ1v) is 10.9. The molecule has 2 aromatic rings. The van der Waals surface area contributed by atoms with Gasteiger partial charge >= 0.3 is 0 Å². The number of carbonyl (C=O) groups excluding carboxylic acids is 1. The Bertz CT molecular complexity index is 735. The van der Waals surface area contributed by atoms with Crippen LogP contribution >= 0.6 is 22.7 Å². The molecule has 4 unspecified atom stereocenters. The van der Waals surface area contributed by atoms with Gasteiger partial charge in [-0.3, -0.25) is 4.79 Å². The van der Waals surface area contributed by atoms with Gasteiger partial charge < -0.3 is 4.90 Å². The van der Waals surface area contributed by atoms with Gasteiger partial charge in [0.25, 0.3) is 0 Å². The Balaban J connectivity index is 1.40. The van der Waals surface area contributed by atoms with Crippen molar-refractivity contribution in [2.75, 3.05) is 6.54 Å². The number of hydrogen-bond donors (Lipinski definition) is 0. The van der Waals surface area contributed by atoms with E-state index in [1.54, 1.807) is 11.3 Å². The average Bonchev–Trinajstić information content (AvgIpc) is 3.35. The molecule has 5 rings (SSSR count). The van der Waals surface area contributed by atoms with Crippen molar-refractivity contribution in [1.29, 1.82) is 0 Å². The van der Waals surface area contributed by atoms with Gasteiger partial charge in [0, 0.05) is 22.7 Å². The fourth-order valence-electron chi connectivity index (χ4n) is 5.31. The van der Waals surface area contributed by atoms with E-state index in [-0.39, 0.29) is 6.04 Å². The third-order valence-electron chi connectivity index (χ3n) is 6.42. The summed E-state index contributed by atoms with van der Waals surface area (Å²) in [7, 11) is 0. The second-order valence-electron chi connectivity index (χ2n) is 7.69. The molecular formula is C20H23NOS2. The van der Waals surface area contributed by atoms with Gasteiger partial charge in [0.2, 0.25) is 5.91 Å². The van der Waals surface area contributed by atoms with Crippen LogP contribution in [0.2, 0.25) is 0 Å². The van der Waals surface area contributed by atoms with E-state index < -0.39 is 0 Å². The monoisotopic (exact) mass is 357 g/mol. The molecule has 0 radical (unpaired) electrons. The Morgan fingerprint density at radius 3 is 2.88 bits per heavy atom. The summed E-state index contributed by atoms with van der Waals surface area (Å²) < 4.78 is 0. The van der Waals surface area contributed by atoms with E-state index in [0.717, 1.165) is 31.2 Å². The van der Waals surface area contributed by atoms with Crippen molar-refractivity contribution in [3.05, 3.63) is 44.3 Å². The van der Waals surface area contributed by atoms with Crippen LogP contribution in [0.4, 0.5) is 0 Å². The normalized spacial score (nSPS) is 31.4. The van der Waals surface area contributed by atoms with E-state index in [0.29, 0.717) is 11.8 Å². The molecule has 3 heterocycles. The number of rotatable bonds is 3. The van der Waals surface area contributed by atoms with Crippen molar-refractivity contribution in [2.24, 2.45) is 17.8 Å². The number of carbonyl (C=O) groups is 1. The van der Waals surface area contributed by atoms with Crippen molar-refractivity contribution < 1.29 is 4.79 Å². The zero-order valence-corrected chi connectivity index (χ0v) is 15.5. The molecule has 2 saturated carbocycles. The van der Waals surface area contributed by atoms with Crippen LogP contribution in [0.3, 0.4) is 0 Å². The molecule has 2 nitrogen and oxygen atoms in total. The molecule has 0 saturated heterocycles. The summed E-state index contributed by atoms with van der Waals surface area (Å²) in [5, 5.41) is 4.32. The van der Waals surface area contributed by atoms with Gasteiger partial charge in [-0.2, -0.15) is 0 Å². The van der Waals surface area contributed by atoms with E-state index >= 15 is 0 Å². The summed E-state index contributed by atoms with van der Waals surface area (Å²) in [5.41, 5.74) is 1.37. The molecule has 4 heteroatoms. The lowest BCUT2D eigenvalue weighted by molar-refractivity contribution is -0.134. The fraction of sp³-hybridized carbons (Fsp3) is 0.550. The largest absolute Gasteiger partial charge is 0.330 e. The maximum Gasteiger partial charge on any atom is 0.223 e. The van der Waals surface area contributed by atoms with Gasteiger partial charge in [-0.05, 0) is 71.9 Å². The quantitative estimate of drug-likeness (QED) is 0.747. The number of amides is 1. The molecular weight excluding hydrogens is 334 g/mol. The van der Waals surface area contributed by atoms with Crippen LogP contribution in [0.25, 0.3) is 0 Å². The number of thiophene rings is 2. The molecule has 2 fully saturated rings. The molecule has 0 aromatic carbocycles. The van der Waals surface area contributed by atoms with Crippen LogP contribution in [0.1, 0.15) is 53.5 Å². The van der Waals surface area contributed by atoms with Crippen LogP contribution < -0.4 is 0 Å². The van der Waals surface area contributed by atoms with Crippen molar-refractivity contribution in [3.63, 3.8) is 0 Å². The zero-order chi connectivity index (χ0) is 16.1. The maximum atomic E-state index is 13.2. The molecule has 2 aliphatic carbocycles. The number of nitrogens with zero attached hydrogens (tertiary/aromatic N) is 1. The molecule has 1 amide bonds. The first-order valence-electron chi connectivity index (χ1n) is 9.18. The Morgan fingerprint density at radius 1 is 1.17 bits per heavy atom. The SMILES string of the molecule is O=C(CC1CC2CCC1C2)N1CCc2sccc2C1c1cccs1. The Morgan fingerprint density at radius 2 is 2.12 bits per heavy atom. The minimum atomic E-state index is 0.158. The van der Waals surface area contributed by atoms with E-state index in [2.05, 4.69) is 33.9 Å². The van der Waals surface area contributed by atoms with E-state index in [9.17, 15) is 4.79 Å². The maximum absolute atomic E-state index is 13.2. The molecule has 0 N–H and O–H groups in total. The molecule has 3 aliphatic rings. The molecule has 1 aliphatic heterocycles. The average molecular weight is 358 g/mol. The van der Waals surface area contributed by atoms with Gasteiger partial charge in [0.05, 0.1) is 6.04 Å². The van der Waals surface area contributed by atoms with Gasteiger partial charge in [-0.25, -0.2) is 0 Å². The topological polar surface area (TPSA) is 20.3 Å². The predicted octanol–water partition coefficient (Wildman–Crippen LogP) is 5.11. The minimum Gasteiger partial charge on any atom is -0.330 e. The molecule has 24 heavy (non-hydrogen) atoms. The first kappa shape index (κ1) is 15.2. The minimum absolute atomic E-state index is 0.158. The number of fused-ring (bicyclic) bond motifs is 3. The lowest BCUT2D eigenvalue weighted by atomic mass is 9.85. The Hall–Kier alpha value is -1.13. The summed E-state index contributed by atoms with van der Waals surface area (Å²) >= 11 is 3.63. The van der Waals surface area contributed by atoms with E-state index in [1.807, 2.05) is 11.3 Å². The van der Waals surface area contributed by atoms with Crippen LogP contribution in [-0.4, -0.2) is 17.4 Å². The third kappa shape index (κ3) is 2.46. The lowest BCUT2D eigenvalue weighted by Gasteiger charge is -2.36. The summed E-state index contributed by atoms with van der Waals surface area (Å²) in [5.74, 6) is 2.80. The Labute approximate surface area is 151 Å². The first-order chi connectivity index (χ1) is 11.8. The van der Waals surface area contributed by atoms with Crippen LogP contribution in [0, 0.1) is 17.8 Å². The highest BCUT2D eigenvalue weighted by molar-refractivity contribution is 7.10. The second-order valence-corrected chi connectivity index (χ2v) is 9.67. The van der Waals surface area contributed by atoms with Crippen LogP contribution in [0.15, 0.2) is 29.0 Å². The smallest absolute Gasteiger partial charge is 0.223 e. The highest BCUT2D eigenvalue weighted by atomic mass is 32.1. The van der Waals surface area contributed by atoms with Gasteiger partial charge in [0.15, 0.2) is 0 Å². The standard InChI is InChI=1S/C20H23NOS2/c22-19(12-15-11-13-3-4-14(15)10-13)21-7-5-17-16(6-9-24-17)20(21)18-2-1-8-23-18/h1-2,6,8-9,13-15,20H,3-5,7,10-12H2. The van der Waals surface area contributed by atoms with Crippen molar-refractivity contribution in [3.8, 4) is 0 Å². The predicted molar refractivity (Wildman–Crippen MR) is 99.5 cm³/mol. The van der Waals surface area contributed by atoms with Gasteiger partial charge in [-0.15, -0.1) is 22.7 Å². The summed E-state index contributed by atoms with van der Waals surface area (Å²) in [4.78, 5) is 18.2.